The summed E-state index contributed by atoms with van der Waals surface area (Å²) in [6, 6.07) is 0. The van der Waals surface area contributed by atoms with E-state index in [1.807, 2.05) is 0 Å². The Morgan fingerprint density at radius 2 is 1.79 bits per heavy atom. The molecule has 0 bridgehead atoms. The molecule has 1 saturated carbocycles. The van der Waals surface area contributed by atoms with Crippen molar-refractivity contribution in [2.75, 3.05) is 26.8 Å². The lowest BCUT2D eigenvalue weighted by Gasteiger charge is -2.55. The topological polar surface area (TPSA) is 39.3 Å². The molecular formula is C10H20N4. The zero-order chi connectivity index (χ0) is 9.65. The predicted octanol–water partition coefficient (Wildman–Crippen LogP) is -0.362. The highest BCUT2D eigenvalue weighted by Gasteiger charge is 2.59. The molecule has 0 unspecified atom stereocenters. The van der Waals surface area contributed by atoms with Gasteiger partial charge in [-0.3, -0.25) is 20.9 Å². The van der Waals surface area contributed by atoms with Crippen molar-refractivity contribution >= 4 is 0 Å². The first-order valence-electron chi connectivity index (χ1n) is 5.75. The summed E-state index contributed by atoms with van der Waals surface area (Å²) in [5.41, 5.74) is 0.335. The van der Waals surface area contributed by atoms with Crippen LogP contribution in [-0.4, -0.2) is 43.0 Å². The molecule has 3 N–H and O–H groups in total. The maximum absolute atomic E-state index is 3.74. The van der Waals surface area contributed by atoms with Crippen molar-refractivity contribution in [3.05, 3.63) is 0 Å². The van der Waals surface area contributed by atoms with Gasteiger partial charge in [-0.05, 0) is 19.9 Å². The van der Waals surface area contributed by atoms with Crippen LogP contribution in [0.2, 0.25) is 0 Å². The SMILES string of the molecule is CN1CN[C@@]23CCCC[C@@]12NCCN3. The van der Waals surface area contributed by atoms with E-state index >= 15 is 0 Å². The largest absolute Gasteiger partial charge is 0.295 e. The Bertz CT molecular complexity index is 223. The smallest absolute Gasteiger partial charge is 0.104 e. The normalized spacial score (nSPS) is 48.6. The molecule has 3 rings (SSSR count). The fraction of sp³-hybridized carbons (Fsp3) is 1.00. The molecule has 1 aliphatic carbocycles. The Balaban J connectivity index is 2.00. The maximum Gasteiger partial charge on any atom is 0.104 e. The van der Waals surface area contributed by atoms with Crippen molar-refractivity contribution in [2.45, 2.75) is 37.0 Å². The molecule has 2 aliphatic heterocycles. The third-order valence-corrected chi connectivity index (χ3v) is 4.29. The Labute approximate surface area is 85.4 Å². The zero-order valence-corrected chi connectivity index (χ0v) is 8.90. The van der Waals surface area contributed by atoms with Gasteiger partial charge in [0.15, 0.2) is 0 Å². The monoisotopic (exact) mass is 196 g/mol. The van der Waals surface area contributed by atoms with Crippen LogP contribution in [-0.2, 0) is 0 Å². The minimum absolute atomic E-state index is 0.151. The van der Waals surface area contributed by atoms with Crippen molar-refractivity contribution in [1.29, 1.82) is 0 Å². The van der Waals surface area contributed by atoms with Gasteiger partial charge >= 0.3 is 0 Å². The summed E-state index contributed by atoms with van der Waals surface area (Å²) < 4.78 is 0. The summed E-state index contributed by atoms with van der Waals surface area (Å²) in [6.45, 7) is 3.18. The number of likely N-dealkylation sites (N-methyl/N-ethyl adjacent to an activating group) is 1. The Morgan fingerprint density at radius 1 is 1.00 bits per heavy atom. The Hall–Kier alpha value is -0.160. The lowest BCUT2D eigenvalue weighted by Crippen LogP contribution is -2.79. The van der Waals surface area contributed by atoms with Crippen LogP contribution in [0.1, 0.15) is 25.7 Å². The maximum atomic E-state index is 3.74. The second-order valence-corrected chi connectivity index (χ2v) is 4.86. The highest BCUT2D eigenvalue weighted by Crippen LogP contribution is 2.41. The second-order valence-electron chi connectivity index (χ2n) is 4.86. The van der Waals surface area contributed by atoms with E-state index in [1.165, 1.54) is 25.7 Å². The first-order chi connectivity index (χ1) is 6.79. The molecule has 2 heterocycles. The minimum atomic E-state index is 0.151. The van der Waals surface area contributed by atoms with Gasteiger partial charge in [0.05, 0.1) is 6.67 Å². The summed E-state index contributed by atoms with van der Waals surface area (Å²) in [5, 5.41) is 11.1. The molecule has 14 heavy (non-hydrogen) atoms. The number of hydrogen-bond donors (Lipinski definition) is 3. The van der Waals surface area contributed by atoms with Crippen molar-refractivity contribution in [3.63, 3.8) is 0 Å². The summed E-state index contributed by atoms with van der Waals surface area (Å²) in [5.74, 6) is 0. The molecule has 3 fully saturated rings. The Morgan fingerprint density at radius 3 is 2.64 bits per heavy atom. The summed E-state index contributed by atoms with van der Waals surface area (Å²) in [7, 11) is 2.22. The number of nitrogens with one attached hydrogen (secondary N) is 3. The van der Waals surface area contributed by atoms with E-state index < -0.39 is 0 Å². The molecule has 2 atom stereocenters. The fourth-order valence-corrected chi connectivity index (χ4v) is 3.55. The zero-order valence-electron chi connectivity index (χ0n) is 8.90. The summed E-state index contributed by atoms with van der Waals surface area (Å²) in [6.07, 6.45) is 5.22. The van der Waals surface area contributed by atoms with Crippen LogP contribution >= 0.6 is 0 Å². The van der Waals surface area contributed by atoms with E-state index in [-0.39, 0.29) is 11.3 Å². The molecule has 0 spiro atoms. The van der Waals surface area contributed by atoms with Gasteiger partial charge in [-0.25, -0.2) is 0 Å². The van der Waals surface area contributed by atoms with Crippen LogP contribution in [0.25, 0.3) is 0 Å². The number of rotatable bonds is 0. The second kappa shape index (κ2) is 2.92. The minimum Gasteiger partial charge on any atom is -0.295 e. The first kappa shape index (κ1) is 9.09. The van der Waals surface area contributed by atoms with E-state index in [1.54, 1.807) is 0 Å². The average molecular weight is 196 g/mol. The molecule has 0 aromatic rings. The van der Waals surface area contributed by atoms with Gasteiger partial charge in [-0.2, -0.15) is 0 Å². The van der Waals surface area contributed by atoms with Gasteiger partial charge in [-0.15, -0.1) is 0 Å². The number of hydrogen-bond acceptors (Lipinski definition) is 4. The molecule has 3 aliphatic rings. The van der Waals surface area contributed by atoms with Crippen LogP contribution in [0.5, 0.6) is 0 Å². The van der Waals surface area contributed by atoms with Gasteiger partial charge in [0.25, 0.3) is 0 Å². The number of piperazine rings is 1. The van der Waals surface area contributed by atoms with E-state index in [4.69, 9.17) is 0 Å². The van der Waals surface area contributed by atoms with Gasteiger partial charge in [-0.1, -0.05) is 12.8 Å². The van der Waals surface area contributed by atoms with Gasteiger partial charge in [0, 0.05) is 13.1 Å². The van der Waals surface area contributed by atoms with Crippen LogP contribution in [0.15, 0.2) is 0 Å². The highest BCUT2D eigenvalue weighted by atomic mass is 15.5. The van der Waals surface area contributed by atoms with E-state index in [2.05, 4.69) is 27.9 Å². The summed E-state index contributed by atoms with van der Waals surface area (Å²) in [4.78, 5) is 2.44. The van der Waals surface area contributed by atoms with Crippen molar-refractivity contribution in [2.24, 2.45) is 0 Å². The third kappa shape index (κ3) is 0.922. The molecule has 2 saturated heterocycles. The average Bonchev–Trinajstić information content (AvgIpc) is 2.54. The molecule has 80 valence electrons. The first-order valence-corrected chi connectivity index (χ1v) is 5.75. The standard InChI is InChI=1S/C10H20N4/c1-14-8-13-9-4-2-3-5-10(9,14)12-7-6-11-9/h11-13H,2-8H2,1H3/t9-,10+/m0/s1. The molecule has 0 aromatic carbocycles. The van der Waals surface area contributed by atoms with Crippen molar-refractivity contribution < 1.29 is 0 Å². The third-order valence-electron chi connectivity index (χ3n) is 4.29. The molecule has 0 radical (unpaired) electrons. The van der Waals surface area contributed by atoms with Crippen molar-refractivity contribution in [3.8, 4) is 0 Å². The van der Waals surface area contributed by atoms with Crippen LogP contribution in [0, 0.1) is 0 Å². The predicted molar refractivity (Wildman–Crippen MR) is 55.7 cm³/mol. The molecular weight excluding hydrogens is 176 g/mol. The van der Waals surface area contributed by atoms with E-state index in [0.717, 1.165) is 19.8 Å². The van der Waals surface area contributed by atoms with Crippen molar-refractivity contribution in [1.82, 2.24) is 20.9 Å². The van der Waals surface area contributed by atoms with Gasteiger partial charge in [0.1, 0.15) is 11.3 Å². The van der Waals surface area contributed by atoms with E-state index in [9.17, 15) is 0 Å². The van der Waals surface area contributed by atoms with E-state index in [0.29, 0.717) is 0 Å². The van der Waals surface area contributed by atoms with Crippen LogP contribution in [0.3, 0.4) is 0 Å². The summed E-state index contributed by atoms with van der Waals surface area (Å²) >= 11 is 0. The molecule has 4 nitrogen and oxygen atoms in total. The molecule has 0 aromatic heterocycles. The molecule has 0 amide bonds. The molecule has 4 heteroatoms. The van der Waals surface area contributed by atoms with Crippen LogP contribution < -0.4 is 16.0 Å². The van der Waals surface area contributed by atoms with Gasteiger partial charge < -0.3 is 0 Å². The quantitative estimate of drug-likeness (QED) is 0.495. The lowest BCUT2D eigenvalue weighted by atomic mass is 9.77. The fourth-order valence-electron chi connectivity index (χ4n) is 3.55. The van der Waals surface area contributed by atoms with Gasteiger partial charge in [0.2, 0.25) is 0 Å². The highest BCUT2D eigenvalue weighted by molar-refractivity contribution is 5.15. The number of nitrogens with zero attached hydrogens (tertiary/aromatic N) is 1. The lowest BCUT2D eigenvalue weighted by molar-refractivity contribution is -0.0148. The Kier molecular flexibility index (Phi) is 1.89. The van der Waals surface area contributed by atoms with Crippen LogP contribution in [0.4, 0.5) is 0 Å².